The topological polar surface area (TPSA) is 82.4 Å². The third-order valence-corrected chi connectivity index (χ3v) is 1.69. The number of hydrogen-bond acceptors (Lipinski definition) is 5. The second-order valence-electron chi connectivity index (χ2n) is 1.59. The molecule has 0 atom stereocenters. The van der Waals surface area contributed by atoms with Crippen molar-refractivity contribution in [3.8, 4) is 0 Å². The van der Waals surface area contributed by atoms with Gasteiger partial charge in [0.1, 0.15) is 0 Å². The van der Waals surface area contributed by atoms with Gasteiger partial charge in [-0.2, -0.15) is 5.10 Å². The van der Waals surface area contributed by atoms with Crippen LogP contribution in [0.3, 0.4) is 0 Å². The predicted octanol–water partition coefficient (Wildman–Crippen LogP) is -0.787. The second kappa shape index (κ2) is 3.31. The summed E-state index contributed by atoms with van der Waals surface area (Å²) < 4.78 is 21.3. The molecule has 0 radical (unpaired) electrons. The Balaban J connectivity index is 4.71. The molecule has 10 heavy (non-hydrogen) atoms. The van der Waals surface area contributed by atoms with Crippen molar-refractivity contribution >= 4 is 21.1 Å². The van der Waals surface area contributed by atoms with Crippen LogP contribution >= 0.6 is 0 Å². The van der Waals surface area contributed by atoms with E-state index in [2.05, 4.69) is 10.5 Å². The van der Waals surface area contributed by atoms with Gasteiger partial charge in [0, 0.05) is 13.3 Å². The fourth-order valence-electron chi connectivity index (χ4n) is 0.332. The Kier molecular flexibility index (Phi) is 3.01. The summed E-state index contributed by atoms with van der Waals surface area (Å²) in [5, 5.41) is 9.72. The third kappa shape index (κ3) is 2.58. The monoisotopic (exact) mass is 163 g/mol. The van der Waals surface area contributed by atoms with Crippen LogP contribution in [0, 0.1) is 5.41 Å². The zero-order valence-corrected chi connectivity index (χ0v) is 6.57. The first-order valence-electron chi connectivity index (χ1n) is 2.47. The molecule has 0 aliphatic carbocycles. The molecule has 0 unspecified atom stereocenters. The summed E-state index contributed by atoms with van der Waals surface area (Å²) >= 11 is 0. The van der Waals surface area contributed by atoms with Crippen LogP contribution < -0.4 is 5.43 Å². The van der Waals surface area contributed by atoms with Gasteiger partial charge >= 0.3 is 0 Å². The highest BCUT2D eigenvalue weighted by atomic mass is 32.2. The lowest BCUT2D eigenvalue weighted by Gasteiger charge is -1.93. The fourth-order valence-corrected chi connectivity index (χ4v) is 0.804. The number of nitrogens with zero attached hydrogens (tertiary/aromatic N) is 1. The van der Waals surface area contributed by atoms with Gasteiger partial charge in [0.25, 0.3) is 0 Å². The minimum absolute atomic E-state index is 0.269. The molecule has 5 nitrogen and oxygen atoms in total. The Morgan fingerprint density at radius 2 is 2.20 bits per heavy atom. The normalized spacial score (nSPS) is 12.8. The lowest BCUT2D eigenvalue weighted by atomic mass is 10.8. The second-order valence-corrected chi connectivity index (χ2v) is 3.55. The van der Waals surface area contributed by atoms with E-state index >= 15 is 0 Å². The van der Waals surface area contributed by atoms with Crippen LogP contribution in [-0.4, -0.2) is 33.0 Å². The van der Waals surface area contributed by atoms with Crippen LogP contribution in [0.25, 0.3) is 0 Å². The van der Waals surface area contributed by atoms with E-state index in [1.54, 1.807) is 0 Å². The van der Waals surface area contributed by atoms with Gasteiger partial charge in [0.15, 0.2) is 14.9 Å². The van der Waals surface area contributed by atoms with Crippen molar-refractivity contribution in [2.75, 3.05) is 13.3 Å². The number of hydrogen-bond donors (Lipinski definition) is 2. The molecule has 0 aliphatic rings. The fraction of sp³-hybridized carbons (Fsp3) is 0.500. The molecule has 0 aromatic carbocycles. The zero-order valence-electron chi connectivity index (χ0n) is 5.75. The summed E-state index contributed by atoms with van der Waals surface area (Å²) in [6.07, 6.45) is 1.68. The zero-order chi connectivity index (χ0) is 8.20. The highest BCUT2D eigenvalue weighted by Gasteiger charge is 2.08. The molecule has 0 bridgehead atoms. The average molecular weight is 163 g/mol. The molecule has 58 valence electrons. The Bertz CT molecular complexity index is 241. The number of rotatable bonds is 2. The van der Waals surface area contributed by atoms with Crippen molar-refractivity contribution in [3.05, 3.63) is 0 Å². The van der Waals surface area contributed by atoms with E-state index < -0.39 is 9.84 Å². The van der Waals surface area contributed by atoms with Crippen molar-refractivity contribution in [3.63, 3.8) is 0 Å². The van der Waals surface area contributed by atoms with Gasteiger partial charge in [-0.15, -0.1) is 0 Å². The van der Waals surface area contributed by atoms with E-state index in [9.17, 15) is 8.42 Å². The minimum Gasteiger partial charge on any atom is -0.312 e. The number of sulfone groups is 1. The number of nitrogens with one attached hydrogen (secondary N) is 2. The molecule has 0 rings (SSSR count). The molecule has 0 aromatic rings. The molecule has 6 heteroatoms. The molecular weight excluding hydrogens is 154 g/mol. The number of hydrazone groups is 1. The minimum atomic E-state index is -3.33. The summed E-state index contributed by atoms with van der Waals surface area (Å²) in [6, 6.07) is 0. The molecule has 0 aliphatic heterocycles. The van der Waals surface area contributed by atoms with E-state index in [1.165, 1.54) is 7.05 Å². The average Bonchev–Trinajstić information content (AvgIpc) is 1.80. The summed E-state index contributed by atoms with van der Waals surface area (Å²) in [4.78, 5) is 0. The van der Waals surface area contributed by atoms with Crippen LogP contribution in [0.5, 0.6) is 0 Å². The summed E-state index contributed by atoms with van der Waals surface area (Å²) in [7, 11) is -1.87. The van der Waals surface area contributed by atoms with Gasteiger partial charge in [-0.3, -0.25) is 0 Å². The van der Waals surface area contributed by atoms with Gasteiger partial charge in [0.2, 0.25) is 0 Å². The third-order valence-electron chi connectivity index (χ3n) is 0.725. The standard InChI is InChI=1S/C4H9N3O2S/c1-6-7-4(3-5)10(2,8)9/h3,5-6H,1-2H3/b5-3?,7-4+. The van der Waals surface area contributed by atoms with Crippen LogP contribution in [0.2, 0.25) is 0 Å². The lowest BCUT2D eigenvalue weighted by molar-refractivity contribution is 0.612. The van der Waals surface area contributed by atoms with E-state index in [0.29, 0.717) is 6.21 Å². The Morgan fingerprint density at radius 3 is 2.30 bits per heavy atom. The van der Waals surface area contributed by atoms with E-state index in [4.69, 9.17) is 5.41 Å². The molecular formula is C4H9N3O2S. The quantitative estimate of drug-likeness (QED) is 0.318. The first-order chi connectivity index (χ1) is 4.52. The van der Waals surface area contributed by atoms with Crippen molar-refractivity contribution in [1.29, 1.82) is 5.41 Å². The van der Waals surface area contributed by atoms with Crippen LogP contribution in [0.1, 0.15) is 0 Å². The van der Waals surface area contributed by atoms with Crippen molar-refractivity contribution in [2.24, 2.45) is 5.10 Å². The smallest absolute Gasteiger partial charge is 0.196 e. The maximum atomic E-state index is 10.6. The predicted molar refractivity (Wildman–Crippen MR) is 40.1 cm³/mol. The summed E-state index contributed by atoms with van der Waals surface area (Å²) in [5.41, 5.74) is 2.28. The molecule has 2 N–H and O–H groups in total. The van der Waals surface area contributed by atoms with Crippen LogP contribution in [0.4, 0.5) is 0 Å². The maximum absolute atomic E-state index is 10.6. The van der Waals surface area contributed by atoms with Crippen LogP contribution in [-0.2, 0) is 9.84 Å². The van der Waals surface area contributed by atoms with Gasteiger partial charge in [-0.05, 0) is 0 Å². The molecule has 0 spiro atoms. The first-order valence-corrected chi connectivity index (χ1v) is 4.36. The molecule has 0 fully saturated rings. The molecule has 0 saturated carbocycles. The molecule has 0 amide bonds. The summed E-state index contributed by atoms with van der Waals surface area (Å²) in [6.45, 7) is 0. The van der Waals surface area contributed by atoms with Crippen molar-refractivity contribution in [1.82, 2.24) is 5.43 Å². The highest BCUT2D eigenvalue weighted by Crippen LogP contribution is 1.84. The molecule has 0 saturated heterocycles. The first kappa shape index (κ1) is 9.09. The summed E-state index contributed by atoms with van der Waals surface area (Å²) in [5.74, 6) is 0. The highest BCUT2D eigenvalue weighted by molar-refractivity contribution is 8.07. The maximum Gasteiger partial charge on any atom is 0.196 e. The van der Waals surface area contributed by atoms with E-state index in [-0.39, 0.29) is 5.04 Å². The van der Waals surface area contributed by atoms with Gasteiger partial charge in [0.05, 0.1) is 6.21 Å². The Labute approximate surface area is 59.6 Å². The lowest BCUT2D eigenvalue weighted by Crippen LogP contribution is -2.17. The van der Waals surface area contributed by atoms with Crippen molar-refractivity contribution in [2.45, 2.75) is 0 Å². The van der Waals surface area contributed by atoms with Gasteiger partial charge in [-0.1, -0.05) is 0 Å². The Morgan fingerprint density at radius 1 is 1.70 bits per heavy atom. The van der Waals surface area contributed by atoms with E-state index in [1.807, 2.05) is 0 Å². The van der Waals surface area contributed by atoms with Crippen molar-refractivity contribution < 1.29 is 8.42 Å². The van der Waals surface area contributed by atoms with E-state index in [0.717, 1.165) is 6.26 Å². The molecule has 0 heterocycles. The molecule has 0 aromatic heterocycles. The largest absolute Gasteiger partial charge is 0.312 e. The van der Waals surface area contributed by atoms with Gasteiger partial charge in [-0.25, -0.2) is 8.42 Å². The SMILES string of the molecule is CN/N=C(\C=N)S(C)(=O)=O. The Hall–Kier alpha value is -0.910. The van der Waals surface area contributed by atoms with Crippen LogP contribution in [0.15, 0.2) is 5.10 Å². The van der Waals surface area contributed by atoms with Gasteiger partial charge < -0.3 is 10.8 Å².